The van der Waals surface area contributed by atoms with Crippen molar-refractivity contribution < 1.29 is 4.79 Å². The van der Waals surface area contributed by atoms with Gasteiger partial charge in [0.2, 0.25) is 0 Å². The van der Waals surface area contributed by atoms with E-state index >= 15 is 0 Å². The van der Waals surface area contributed by atoms with Crippen molar-refractivity contribution in [2.75, 3.05) is 5.32 Å². The van der Waals surface area contributed by atoms with E-state index in [9.17, 15) is 4.79 Å². The lowest BCUT2D eigenvalue weighted by Crippen LogP contribution is -2.11. The molecule has 2 N–H and O–H groups in total. The van der Waals surface area contributed by atoms with Gasteiger partial charge >= 0.3 is 0 Å². The van der Waals surface area contributed by atoms with Gasteiger partial charge in [0, 0.05) is 5.56 Å². The zero-order valence-corrected chi connectivity index (χ0v) is 12.6. The fourth-order valence-electron chi connectivity index (χ4n) is 2.39. The molecule has 1 amide bonds. The van der Waals surface area contributed by atoms with Gasteiger partial charge in [-0.2, -0.15) is 0 Å². The predicted octanol–water partition coefficient (Wildman–Crippen LogP) is 3.73. The number of rotatable bonds is 2. The SMILES string of the molecule is Cc1cccc2sc(NC(=O)c3ccc4nc[nH]c4c3)nc12. The highest BCUT2D eigenvalue weighted by molar-refractivity contribution is 7.22. The van der Waals surface area contributed by atoms with Crippen molar-refractivity contribution in [1.29, 1.82) is 0 Å². The third-order valence-corrected chi connectivity index (χ3v) is 4.46. The molecular weight excluding hydrogens is 296 g/mol. The van der Waals surface area contributed by atoms with Gasteiger partial charge in [0.15, 0.2) is 5.13 Å². The molecule has 4 rings (SSSR count). The number of carbonyl (C=O) groups excluding carboxylic acids is 1. The number of aromatic nitrogens is 3. The summed E-state index contributed by atoms with van der Waals surface area (Å²) in [5, 5.41) is 3.48. The van der Waals surface area contributed by atoms with E-state index in [1.807, 2.05) is 31.2 Å². The number of fused-ring (bicyclic) bond motifs is 2. The van der Waals surface area contributed by atoms with Crippen LogP contribution in [0.4, 0.5) is 5.13 Å². The largest absolute Gasteiger partial charge is 0.345 e. The van der Waals surface area contributed by atoms with Gasteiger partial charge in [-0.3, -0.25) is 10.1 Å². The summed E-state index contributed by atoms with van der Waals surface area (Å²) < 4.78 is 1.07. The molecule has 0 aliphatic carbocycles. The number of aryl methyl sites for hydroxylation is 1. The maximum Gasteiger partial charge on any atom is 0.257 e. The second-order valence-electron chi connectivity index (χ2n) is 5.03. The second-order valence-corrected chi connectivity index (χ2v) is 6.06. The predicted molar refractivity (Wildman–Crippen MR) is 88.4 cm³/mol. The number of aromatic amines is 1. The number of H-pyrrole nitrogens is 1. The fourth-order valence-corrected chi connectivity index (χ4v) is 3.32. The molecule has 0 aliphatic heterocycles. The smallest absolute Gasteiger partial charge is 0.257 e. The maximum absolute atomic E-state index is 12.4. The first-order valence-electron chi connectivity index (χ1n) is 6.81. The number of nitrogens with one attached hydrogen (secondary N) is 2. The van der Waals surface area contributed by atoms with Crippen LogP contribution in [0.5, 0.6) is 0 Å². The van der Waals surface area contributed by atoms with Crippen LogP contribution in [-0.2, 0) is 0 Å². The van der Waals surface area contributed by atoms with Crippen molar-refractivity contribution in [3.8, 4) is 0 Å². The summed E-state index contributed by atoms with van der Waals surface area (Å²) in [6.45, 7) is 2.01. The Hall–Kier alpha value is -2.73. The summed E-state index contributed by atoms with van der Waals surface area (Å²) in [6.07, 6.45) is 1.61. The van der Waals surface area contributed by atoms with Gasteiger partial charge in [-0.05, 0) is 36.8 Å². The normalized spacial score (nSPS) is 11.1. The Labute approximate surface area is 130 Å². The first-order chi connectivity index (χ1) is 10.7. The van der Waals surface area contributed by atoms with Crippen LogP contribution in [0, 0.1) is 6.92 Å². The summed E-state index contributed by atoms with van der Waals surface area (Å²) in [4.78, 5) is 24.0. The summed E-state index contributed by atoms with van der Waals surface area (Å²) in [7, 11) is 0. The van der Waals surface area contributed by atoms with Crippen LogP contribution in [0.25, 0.3) is 21.3 Å². The van der Waals surface area contributed by atoms with E-state index < -0.39 is 0 Å². The van der Waals surface area contributed by atoms with Crippen molar-refractivity contribution >= 4 is 43.6 Å². The van der Waals surface area contributed by atoms with Crippen molar-refractivity contribution in [1.82, 2.24) is 15.0 Å². The van der Waals surface area contributed by atoms with Gasteiger partial charge in [-0.15, -0.1) is 0 Å². The average molecular weight is 308 g/mol. The Balaban J connectivity index is 1.66. The van der Waals surface area contributed by atoms with Crippen LogP contribution < -0.4 is 5.32 Å². The van der Waals surface area contributed by atoms with Crippen LogP contribution >= 0.6 is 11.3 Å². The summed E-state index contributed by atoms with van der Waals surface area (Å²) in [5.41, 5.74) is 4.30. The van der Waals surface area contributed by atoms with E-state index in [0.717, 1.165) is 26.8 Å². The van der Waals surface area contributed by atoms with Crippen LogP contribution in [0.15, 0.2) is 42.7 Å². The number of hydrogen-bond donors (Lipinski definition) is 2. The van der Waals surface area contributed by atoms with E-state index in [1.165, 1.54) is 11.3 Å². The molecule has 0 unspecified atom stereocenters. The molecule has 0 bridgehead atoms. The number of para-hydroxylation sites is 1. The summed E-state index contributed by atoms with van der Waals surface area (Å²) in [5.74, 6) is -0.173. The third-order valence-electron chi connectivity index (χ3n) is 3.52. The number of amides is 1. The first-order valence-corrected chi connectivity index (χ1v) is 7.63. The number of carbonyl (C=O) groups is 1. The minimum absolute atomic E-state index is 0.173. The fraction of sp³-hybridized carbons (Fsp3) is 0.0625. The lowest BCUT2D eigenvalue weighted by molar-refractivity contribution is 0.102. The molecule has 108 valence electrons. The zero-order valence-electron chi connectivity index (χ0n) is 11.8. The Morgan fingerprint density at radius 2 is 2.18 bits per heavy atom. The standard InChI is InChI=1S/C16H12N4OS/c1-9-3-2-4-13-14(9)19-16(22-13)20-15(21)10-5-6-11-12(7-10)18-8-17-11/h2-8H,1H3,(H,17,18)(H,19,20,21). The first kappa shape index (κ1) is 13.0. The molecule has 0 saturated heterocycles. The Morgan fingerprint density at radius 1 is 1.27 bits per heavy atom. The molecule has 0 saturated carbocycles. The summed E-state index contributed by atoms with van der Waals surface area (Å²) in [6, 6.07) is 11.4. The van der Waals surface area contributed by atoms with Gasteiger partial charge in [0.1, 0.15) is 0 Å². The number of nitrogens with zero attached hydrogens (tertiary/aromatic N) is 2. The maximum atomic E-state index is 12.4. The number of imidazole rings is 1. The zero-order chi connectivity index (χ0) is 15.1. The molecule has 0 fully saturated rings. The number of hydrogen-bond acceptors (Lipinski definition) is 4. The van der Waals surface area contributed by atoms with E-state index in [0.29, 0.717) is 10.7 Å². The van der Waals surface area contributed by atoms with Gasteiger partial charge in [0.25, 0.3) is 5.91 Å². The van der Waals surface area contributed by atoms with E-state index in [2.05, 4.69) is 20.3 Å². The van der Waals surface area contributed by atoms with Crippen LogP contribution in [0.1, 0.15) is 15.9 Å². The molecule has 5 nitrogen and oxygen atoms in total. The van der Waals surface area contributed by atoms with E-state index in [-0.39, 0.29) is 5.91 Å². The lowest BCUT2D eigenvalue weighted by Gasteiger charge is -2.01. The second kappa shape index (κ2) is 4.92. The Morgan fingerprint density at radius 3 is 3.05 bits per heavy atom. The van der Waals surface area contributed by atoms with Crippen molar-refractivity contribution in [3.05, 3.63) is 53.9 Å². The Bertz CT molecular complexity index is 1000. The lowest BCUT2D eigenvalue weighted by atomic mass is 10.2. The molecule has 0 radical (unpaired) electrons. The molecule has 6 heteroatoms. The molecule has 2 aromatic carbocycles. The average Bonchev–Trinajstić information content (AvgIpc) is 3.13. The molecule has 2 heterocycles. The molecule has 0 aliphatic rings. The highest BCUT2D eigenvalue weighted by Gasteiger charge is 2.11. The van der Waals surface area contributed by atoms with Crippen molar-refractivity contribution in [2.45, 2.75) is 6.92 Å². The monoisotopic (exact) mass is 308 g/mol. The van der Waals surface area contributed by atoms with Gasteiger partial charge in [0.05, 0.1) is 27.6 Å². The van der Waals surface area contributed by atoms with Gasteiger partial charge in [-0.25, -0.2) is 9.97 Å². The molecular formula is C16H12N4OS. The van der Waals surface area contributed by atoms with Gasteiger partial charge < -0.3 is 4.98 Å². The van der Waals surface area contributed by atoms with E-state index in [1.54, 1.807) is 18.5 Å². The minimum atomic E-state index is -0.173. The Kier molecular flexibility index (Phi) is 2.90. The highest BCUT2D eigenvalue weighted by Crippen LogP contribution is 2.28. The van der Waals surface area contributed by atoms with Gasteiger partial charge in [-0.1, -0.05) is 23.5 Å². The molecule has 0 spiro atoms. The quantitative estimate of drug-likeness (QED) is 0.592. The summed E-state index contributed by atoms with van der Waals surface area (Å²) >= 11 is 1.48. The molecule has 22 heavy (non-hydrogen) atoms. The molecule has 4 aromatic rings. The third kappa shape index (κ3) is 2.14. The number of thiazole rings is 1. The van der Waals surface area contributed by atoms with Crippen molar-refractivity contribution in [3.63, 3.8) is 0 Å². The number of benzene rings is 2. The van der Waals surface area contributed by atoms with Crippen molar-refractivity contribution in [2.24, 2.45) is 0 Å². The van der Waals surface area contributed by atoms with Crippen LogP contribution in [-0.4, -0.2) is 20.9 Å². The van der Waals surface area contributed by atoms with Crippen LogP contribution in [0.3, 0.4) is 0 Å². The number of anilines is 1. The molecule has 2 aromatic heterocycles. The van der Waals surface area contributed by atoms with E-state index in [4.69, 9.17) is 0 Å². The minimum Gasteiger partial charge on any atom is -0.345 e. The topological polar surface area (TPSA) is 70.7 Å². The van der Waals surface area contributed by atoms with Crippen LogP contribution in [0.2, 0.25) is 0 Å². The highest BCUT2D eigenvalue weighted by atomic mass is 32.1. The molecule has 0 atom stereocenters.